The van der Waals surface area contributed by atoms with E-state index in [2.05, 4.69) is 37.2 Å². The molecule has 67 heavy (non-hydrogen) atoms. The Balaban J connectivity index is 1.18. The number of primary amides is 1. The van der Waals surface area contributed by atoms with E-state index in [1.165, 1.54) is 19.1 Å². The van der Waals surface area contributed by atoms with Crippen LogP contribution in [0, 0.1) is 13.8 Å². The van der Waals surface area contributed by atoms with Crippen molar-refractivity contribution in [2.45, 2.75) is 140 Å². The molecule has 2 aliphatic heterocycles. The van der Waals surface area contributed by atoms with E-state index in [4.69, 9.17) is 10.5 Å². The molecular formula is C47H66N8O11S. The molecule has 0 aliphatic carbocycles. The summed E-state index contributed by atoms with van der Waals surface area (Å²) >= 11 is 1.84. The third-order valence-corrected chi connectivity index (χ3v) is 13.1. The first-order valence-electron chi connectivity index (χ1n) is 22.9. The third-order valence-electron chi connectivity index (χ3n) is 11.6. The van der Waals surface area contributed by atoms with Crippen molar-refractivity contribution < 1.29 is 53.0 Å². The molecule has 366 valence electrons. The van der Waals surface area contributed by atoms with E-state index in [9.17, 15) is 48.3 Å². The van der Waals surface area contributed by atoms with Crippen LogP contribution in [-0.2, 0) is 44.7 Å². The van der Waals surface area contributed by atoms with Gasteiger partial charge in [0, 0.05) is 50.3 Å². The van der Waals surface area contributed by atoms with Crippen molar-refractivity contribution in [2.24, 2.45) is 5.73 Å². The number of ketones is 1. The van der Waals surface area contributed by atoms with Gasteiger partial charge in [0.25, 0.3) is 0 Å². The van der Waals surface area contributed by atoms with Gasteiger partial charge in [0.1, 0.15) is 17.8 Å². The van der Waals surface area contributed by atoms with Gasteiger partial charge in [0.05, 0.1) is 30.1 Å². The minimum atomic E-state index is -1.28. The Morgan fingerprint density at radius 2 is 1.45 bits per heavy atom. The number of nitrogens with two attached hydrogens (primary N) is 1. The number of fused-ring (bicyclic) bond motifs is 1. The number of urea groups is 1. The van der Waals surface area contributed by atoms with Crippen LogP contribution in [0.15, 0.2) is 42.5 Å². The van der Waals surface area contributed by atoms with E-state index in [1.54, 1.807) is 44.2 Å². The van der Waals surface area contributed by atoms with E-state index in [1.807, 2.05) is 11.8 Å². The number of phenolic OH excluding ortho intramolecular Hbond substituents is 1. The normalized spacial score (nSPS) is 17.4. The zero-order chi connectivity index (χ0) is 48.9. The first-order valence-corrected chi connectivity index (χ1v) is 24.0. The van der Waals surface area contributed by atoms with Gasteiger partial charge in [-0.2, -0.15) is 11.8 Å². The van der Waals surface area contributed by atoms with Crippen LogP contribution in [0.1, 0.15) is 111 Å². The first-order chi connectivity index (χ1) is 32.0. The second-order valence-electron chi connectivity index (χ2n) is 17.1. The largest absolute Gasteiger partial charge is 0.508 e. The van der Waals surface area contributed by atoms with Gasteiger partial charge >= 0.3 is 12.0 Å². The maximum absolute atomic E-state index is 13.6. The fourth-order valence-corrected chi connectivity index (χ4v) is 9.55. The van der Waals surface area contributed by atoms with Crippen molar-refractivity contribution in [1.29, 1.82) is 0 Å². The highest BCUT2D eigenvalue weighted by Gasteiger charge is 2.42. The van der Waals surface area contributed by atoms with Crippen molar-refractivity contribution >= 4 is 65.0 Å². The van der Waals surface area contributed by atoms with E-state index in [-0.39, 0.29) is 55.6 Å². The highest BCUT2D eigenvalue weighted by atomic mass is 32.2. The molecule has 2 fully saturated rings. The van der Waals surface area contributed by atoms with Crippen LogP contribution < -0.4 is 43.0 Å². The first kappa shape index (κ1) is 53.4. The second kappa shape index (κ2) is 27.5. The maximum Gasteiger partial charge on any atom is 0.339 e. The van der Waals surface area contributed by atoms with E-state index in [0.29, 0.717) is 72.6 Å². The van der Waals surface area contributed by atoms with E-state index >= 15 is 0 Å². The molecule has 2 saturated heterocycles. The fraction of sp³-hybridized carbons (Fsp3) is 0.553. The molecule has 20 heteroatoms. The Morgan fingerprint density at radius 1 is 0.776 bits per heavy atom. The summed E-state index contributed by atoms with van der Waals surface area (Å²) in [5.74, 6) is -3.35. The van der Waals surface area contributed by atoms with Crippen molar-refractivity contribution in [1.82, 2.24) is 37.2 Å². The quantitative estimate of drug-likeness (QED) is 0.0322. The van der Waals surface area contributed by atoms with Gasteiger partial charge in [0.2, 0.25) is 35.4 Å². The number of amides is 8. The number of esters is 1. The average Bonchev–Trinajstić information content (AvgIpc) is 3.83. The number of rotatable bonds is 29. The molecule has 8 amide bonds. The molecule has 2 aromatic rings. The lowest BCUT2D eigenvalue weighted by Gasteiger charge is -2.23. The van der Waals surface area contributed by atoms with Crippen LogP contribution in [0.3, 0.4) is 0 Å². The molecule has 4 rings (SSSR count). The van der Waals surface area contributed by atoms with E-state index in [0.717, 1.165) is 25.0 Å². The summed E-state index contributed by atoms with van der Waals surface area (Å²) in [6, 6.07) is 8.37. The van der Waals surface area contributed by atoms with Gasteiger partial charge in [-0.1, -0.05) is 43.2 Å². The Kier molecular flexibility index (Phi) is 21.9. The summed E-state index contributed by atoms with van der Waals surface area (Å²) in [5.41, 5.74) is 7.66. The number of thioether (sulfide) groups is 1. The van der Waals surface area contributed by atoms with Crippen LogP contribution in [0.2, 0.25) is 0 Å². The number of phenols is 1. The van der Waals surface area contributed by atoms with E-state index < -0.39 is 72.4 Å². The molecule has 2 heterocycles. The van der Waals surface area contributed by atoms with Crippen LogP contribution in [0.4, 0.5) is 4.79 Å². The summed E-state index contributed by atoms with van der Waals surface area (Å²) in [7, 11) is 0. The summed E-state index contributed by atoms with van der Waals surface area (Å²) in [5, 5.41) is 29.7. The molecule has 6 atom stereocenters. The van der Waals surface area contributed by atoms with Gasteiger partial charge < -0.3 is 52.8 Å². The Hall–Kier alpha value is -6.18. The van der Waals surface area contributed by atoms with Crippen LogP contribution in [-0.4, -0.2) is 119 Å². The topological polar surface area (TPSA) is 293 Å². The lowest BCUT2D eigenvalue weighted by Crippen LogP contribution is -2.54. The van der Waals surface area contributed by atoms with Crippen LogP contribution in [0.5, 0.6) is 5.75 Å². The molecule has 2 aromatic carbocycles. The summed E-state index contributed by atoms with van der Waals surface area (Å²) < 4.78 is 5.21. The minimum Gasteiger partial charge on any atom is -0.508 e. The van der Waals surface area contributed by atoms with Gasteiger partial charge in [-0.15, -0.1) is 0 Å². The van der Waals surface area contributed by atoms with Crippen molar-refractivity contribution in [3.8, 4) is 5.75 Å². The number of aryl methyl sites for hydroxylation is 2. The SMILES string of the molecule is CC(=O)N[C@@H](CCCCNC(=O)CCCC[C@@H]1SC[C@@H]2NC(=O)N[C@@H]21)C(=O)N[C@@H](Cc1ccc(O)cc1)C(=O)NCCCCCC(=O)N[C@@H](CC(N)=O)C(=O)COC(=O)c1c(C)cccc1C. The highest BCUT2D eigenvalue weighted by molar-refractivity contribution is 8.00. The molecule has 2 aliphatic rings. The van der Waals surface area contributed by atoms with Gasteiger partial charge in [-0.25, -0.2) is 9.59 Å². The average molecular weight is 951 g/mol. The standard InChI is InChI=1S/C47H66N8O11S/c1-28-12-11-13-29(2)42(28)46(64)66-26-37(58)34(25-39(48)59)52-41(61)17-5-4-9-23-50-44(62)35(24-31-18-20-32(57)21-19-31)53-45(63)33(51-30(3)56)14-8-10-22-49-40(60)16-7-6-15-38-43-36(27-67-38)54-47(65)55-43/h11-13,18-21,33-36,38,43,57H,4-10,14-17,22-27H2,1-3H3,(H2,48,59)(H,49,60)(H,50,62)(H,51,56)(H,52,61)(H,53,63)(H2,54,55,65)/t33-,34-,35-,36-,38-,43-/m0/s1. The summed E-state index contributed by atoms with van der Waals surface area (Å²) in [4.78, 5) is 113. The molecule has 0 saturated carbocycles. The molecule has 0 bridgehead atoms. The molecular weight excluding hydrogens is 885 g/mol. The number of nitrogens with one attached hydrogen (secondary N) is 7. The monoisotopic (exact) mass is 950 g/mol. The zero-order valence-electron chi connectivity index (χ0n) is 38.5. The van der Waals surface area contributed by atoms with Crippen LogP contribution in [0.25, 0.3) is 0 Å². The molecule has 10 N–H and O–H groups in total. The van der Waals surface area contributed by atoms with Gasteiger partial charge in [0.15, 0.2) is 12.4 Å². The van der Waals surface area contributed by atoms with Crippen molar-refractivity contribution in [3.63, 3.8) is 0 Å². The van der Waals surface area contributed by atoms with Crippen molar-refractivity contribution in [2.75, 3.05) is 25.4 Å². The second-order valence-corrected chi connectivity index (χ2v) is 18.4. The Labute approximate surface area is 395 Å². The molecule has 0 spiro atoms. The number of carbonyl (C=O) groups is 9. The number of benzene rings is 2. The zero-order valence-corrected chi connectivity index (χ0v) is 39.4. The van der Waals surface area contributed by atoms with Gasteiger partial charge in [-0.3, -0.25) is 33.6 Å². The number of hydrogen-bond donors (Lipinski definition) is 9. The number of ether oxygens (including phenoxy) is 1. The Bertz CT molecular complexity index is 2050. The number of Topliss-reactive ketones (excluding diaryl/α,β-unsaturated/α-hetero) is 1. The molecule has 0 radical (unpaired) electrons. The number of unbranched alkanes of at least 4 members (excludes halogenated alkanes) is 4. The summed E-state index contributed by atoms with van der Waals surface area (Å²) in [6.07, 6.45) is 5.15. The number of hydrogen-bond acceptors (Lipinski definition) is 12. The van der Waals surface area contributed by atoms with Crippen molar-refractivity contribution in [3.05, 3.63) is 64.7 Å². The predicted molar refractivity (Wildman–Crippen MR) is 251 cm³/mol. The lowest BCUT2D eigenvalue weighted by atomic mass is 10.0. The summed E-state index contributed by atoms with van der Waals surface area (Å²) in [6.45, 7) is 4.70. The molecule has 19 nitrogen and oxygen atoms in total. The molecule has 0 unspecified atom stereocenters. The fourth-order valence-electron chi connectivity index (χ4n) is 8.01. The molecule has 0 aromatic heterocycles. The highest BCUT2D eigenvalue weighted by Crippen LogP contribution is 2.33. The van der Waals surface area contributed by atoms with Gasteiger partial charge in [-0.05, 0) is 87.6 Å². The third kappa shape index (κ3) is 18.6. The minimum absolute atomic E-state index is 0.00237. The predicted octanol–water partition coefficient (Wildman–Crippen LogP) is 2.02. The Morgan fingerprint density at radius 3 is 2.15 bits per heavy atom. The van der Waals surface area contributed by atoms with Crippen LogP contribution >= 0.6 is 11.8 Å². The maximum atomic E-state index is 13.6. The number of aromatic hydroxyl groups is 1. The smallest absolute Gasteiger partial charge is 0.339 e. The number of carbonyl (C=O) groups excluding carboxylic acids is 9. The lowest BCUT2D eigenvalue weighted by molar-refractivity contribution is -0.131.